The second kappa shape index (κ2) is 5.20. The van der Waals surface area contributed by atoms with Crippen LogP contribution in [0.2, 0.25) is 5.02 Å². The van der Waals surface area contributed by atoms with Gasteiger partial charge in [0, 0.05) is 16.5 Å². The highest BCUT2D eigenvalue weighted by molar-refractivity contribution is 6.31. The molecule has 0 saturated carbocycles. The lowest BCUT2D eigenvalue weighted by atomic mass is 10.1. The number of benzene rings is 1. The number of nitrogens with one attached hydrogen (secondary N) is 2. The van der Waals surface area contributed by atoms with Crippen LogP contribution in [0.3, 0.4) is 0 Å². The van der Waals surface area contributed by atoms with E-state index in [0.29, 0.717) is 16.3 Å². The molecule has 0 amide bonds. The van der Waals surface area contributed by atoms with E-state index in [-0.39, 0.29) is 22.8 Å². The smallest absolute Gasteiger partial charge is 0.287 e. The molecule has 0 fully saturated rings. The minimum absolute atomic E-state index is 0.0396. The molecule has 0 saturated heterocycles. The Labute approximate surface area is 137 Å². The molecule has 9 heteroatoms. The SMILES string of the molecule is O=c1[nH]n(Cc2ccno2)c(=O)c2c(=O)c3ccc(Cl)cc3[nH]c12. The molecule has 3 aromatic heterocycles. The summed E-state index contributed by atoms with van der Waals surface area (Å²) < 4.78 is 5.94. The van der Waals surface area contributed by atoms with E-state index in [1.54, 1.807) is 12.1 Å². The molecule has 3 heterocycles. The third kappa shape index (κ3) is 2.16. The van der Waals surface area contributed by atoms with Crippen molar-refractivity contribution in [3.8, 4) is 0 Å². The van der Waals surface area contributed by atoms with Crippen LogP contribution < -0.4 is 16.5 Å². The Morgan fingerprint density at radius 3 is 2.79 bits per heavy atom. The van der Waals surface area contributed by atoms with Gasteiger partial charge in [0.2, 0.25) is 5.43 Å². The molecular formula is C15H9ClN4O4. The van der Waals surface area contributed by atoms with E-state index in [0.717, 1.165) is 4.68 Å². The van der Waals surface area contributed by atoms with Crippen LogP contribution in [-0.4, -0.2) is 19.9 Å². The van der Waals surface area contributed by atoms with Crippen molar-refractivity contribution in [2.24, 2.45) is 0 Å². The van der Waals surface area contributed by atoms with Crippen LogP contribution in [-0.2, 0) is 6.54 Å². The van der Waals surface area contributed by atoms with Gasteiger partial charge in [-0.05, 0) is 18.2 Å². The summed E-state index contributed by atoms with van der Waals surface area (Å²) in [6.45, 7) is -0.0396. The maximum absolute atomic E-state index is 12.7. The molecule has 0 spiro atoms. The first-order valence-corrected chi connectivity index (χ1v) is 7.30. The number of fused-ring (bicyclic) bond motifs is 2. The van der Waals surface area contributed by atoms with Gasteiger partial charge in [-0.15, -0.1) is 0 Å². The molecule has 0 aliphatic heterocycles. The molecule has 0 bridgehead atoms. The fraction of sp³-hybridized carbons (Fsp3) is 0.0667. The predicted molar refractivity (Wildman–Crippen MR) is 87.6 cm³/mol. The normalized spacial score (nSPS) is 11.4. The molecule has 8 nitrogen and oxygen atoms in total. The number of rotatable bonds is 2. The zero-order valence-electron chi connectivity index (χ0n) is 12.0. The highest BCUT2D eigenvalue weighted by Crippen LogP contribution is 2.16. The van der Waals surface area contributed by atoms with Gasteiger partial charge in [0.1, 0.15) is 17.4 Å². The third-order valence-corrected chi connectivity index (χ3v) is 3.93. The third-order valence-electron chi connectivity index (χ3n) is 3.69. The molecule has 4 rings (SSSR count). The highest BCUT2D eigenvalue weighted by Gasteiger charge is 2.15. The fourth-order valence-electron chi connectivity index (χ4n) is 2.59. The van der Waals surface area contributed by atoms with Crippen molar-refractivity contribution in [3.63, 3.8) is 0 Å². The van der Waals surface area contributed by atoms with Gasteiger partial charge in [-0.3, -0.25) is 19.5 Å². The molecule has 0 radical (unpaired) electrons. The van der Waals surface area contributed by atoms with Crippen LogP contribution >= 0.6 is 11.6 Å². The van der Waals surface area contributed by atoms with Crippen molar-refractivity contribution in [1.82, 2.24) is 19.9 Å². The molecule has 0 unspecified atom stereocenters. The number of hydrogen-bond donors (Lipinski definition) is 2. The zero-order valence-corrected chi connectivity index (χ0v) is 12.8. The number of H-pyrrole nitrogens is 2. The number of halogens is 1. The summed E-state index contributed by atoms with van der Waals surface area (Å²) in [6.07, 6.45) is 1.42. The van der Waals surface area contributed by atoms with Crippen LogP contribution in [0.25, 0.3) is 21.8 Å². The number of nitrogens with zero attached hydrogens (tertiary/aromatic N) is 2. The van der Waals surface area contributed by atoms with E-state index in [1.165, 1.54) is 18.3 Å². The van der Waals surface area contributed by atoms with Gasteiger partial charge in [0.25, 0.3) is 11.1 Å². The van der Waals surface area contributed by atoms with E-state index < -0.39 is 16.5 Å². The summed E-state index contributed by atoms with van der Waals surface area (Å²) in [5.41, 5.74) is -1.45. The Hall–Kier alpha value is -3.13. The number of pyridine rings is 1. The zero-order chi connectivity index (χ0) is 16.8. The van der Waals surface area contributed by atoms with E-state index >= 15 is 0 Å². The molecule has 1 aromatic carbocycles. The van der Waals surface area contributed by atoms with Gasteiger partial charge in [0.15, 0.2) is 5.76 Å². The van der Waals surface area contributed by atoms with Gasteiger partial charge in [0.05, 0.1) is 11.7 Å². The van der Waals surface area contributed by atoms with Crippen molar-refractivity contribution in [2.75, 3.05) is 0 Å². The summed E-state index contributed by atoms with van der Waals surface area (Å²) in [6, 6.07) is 6.14. The van der Waals surface area contributed by atoms with Crippen LogP contribution in [0.1, 0.15) is 5.76 Å². The Morgan fingerprint density at radius 2 is 2.04 bits per heavy atom. The first-order chi connectivity index (χ1) is 11.5. The lowest BCUT2D eigenvalue weighted by Crippen LogP contribution is -2.33. The number of aromatic amines is 2. The van der Waals surface area contributed by atoms with Gasteiger partial charge in [-0.2, -0.15) is 0 Å². The van der Waals surface area contributed by atoms with E-state index in [9.17, 15) is 14.4 Å². The molecular weight excluding hydrogens is 336 g/mol. The van der Waals surface area contributed by atoms with Crippen molar-refractivity contribution < 1.29 is 4.52 Å². The maximum atomic E-state index is 12.7. The van der Waals surface area contributed by atoms with E-state index in [2.05, 4.69) is 15.2 Å². The first-order valence-electron chi connectivity index (χ1n) is 6.92. The van der Waals surface area contributed by atoms with Crippen molar-refractivity contribution >= 4 is 33.4 Å². The maximum Gasteiger partial charge on any atom is 0.287 e. The molecule has 120 valence electrons. The lowest BCUT2D eigenvalue weighted by Gasteiger charge is -2.06. The van der Waals surface area contributed by atoms with E-state index in [1.807, 2.05) is 0 Å². The lowest BCUT2D eigenvalue weighted by molar-refractivity contribution is 0.368. The average molecular weight is 345 g/mol. The monoisotopic (exact) mass is 344 g/mol. The summed E-state index contributed by atoms with van der Waals surface area (Å²) in [5, 5.41) is 6.43. The predicted octanol–water partition coefficient (Wildman–Crippen LogP) is 1.22. The minimum Gasteiger partial charge on any atom is -0.359 e. The Kier molecular flexibility index (Phi) is 3.14. The van der Waals surface area contributed by atoms with Gasteiger partial charge in [-0.1, -0.05) is 16.8 Å². The Bertz CT molecular complexity index is 1250. The van der Waals surface area contributed by atoms with Gasteiger partial charge < -0.3 is 9.51 Å². The second-order valence-electron chi connectivity index (χ2n) is 5.21. The molecule has 4 aromatic rings. The molecule has 0 aliphatic carbocycles. The molecule has 0 aliphatic rings. The highest BCUT2D eigenvalue weighted by atomic mass is 35.5. The number of hydrogen-bond acceptors (Lipinski definition) is 5. The summed E-state index contributed by atoms with van der Waals surface area (Å²) >= 11 is 5.91. The number of aromatic nitrogens is 4. The molecule has 2 N–H and O–H groups in total. The quantitative estimate of drug-likeness (QED) is 0.531. The standard InChI is InChI=1S/C15H9ClN4O4/c16-7-1-2-9-10(5-7)18-12-11(13(9)21)15(23)20(19-14(12)22)6-8-3-4-17-24-8/h1-5H,6H2,(H,18,21)(H,19,22). The van der Waals surface area contributed by atoms with Crippen molar-refractivity contribution in [1.29, 1.82) is 0 Å². The van der Waals surface area contributed by atoms with Crippen molar-refractivity contribution in [3.05, 3.63) is 72.2 Å². The summed E-state index contributed by atoms with van der Waals surface area (Å²) in [4.78, 5) is 40.4. The van der Waals surface area contributed by atoms with Crippen LogP contribution in [0.15, 0.2) is 49.4 Å². The molecule has 0 atom stereocenters. The van der Waals surface area contributed by atoms with Crippen LogP contribution in [0.4, 0.5) is 0 Å². The first kappa shape index (κ1) is 14.5. The van der Waals surface area contributed by atoms with E-state index in [4.69, 9.17) is 16.1 Å². The Balaban J connectivity index is 2.09. The fourth-order valence-corrected chi connectivity index (χ4v) is 2.76. The van der Waals surface area contributed by atoms with Crippen molar-refractivity contribution in [2.45, 2.75) is 6.54 Å². The topological polar surface area (TPSA) is 114 Å². The summed E-state index contributed by atoms with van der Waals surface area (Å²) in [5.74, 6) is 0.371. The van der Waals surface area contributed by atoms with Crippen LogP contribution in [0, 0.1) is 0 Å². The molecule has 24 heavy (non-hydrogen) atoms. The summed E-state index contributed by atoms with van der Waals surface area (Å²) in [7, 11) is 0. The average Bonchev–Trinajstić information content (AvgIpc) is 3.05. The van der Waals surface area contributed by atoms with Gasteiger partial charge in [-0.25, -0.2) is 4.68 Å². The van der Waals surface area contributed by atoms with Gasteiger partial charge >= 0.3 is 0 Å². The minimum atomic E-state index is -0.626. The second-order valence-corrected chi connectivity index (χ2v) is 5.64. The largest absolute Gasteiger partial charge is 0.359 e. The Morgan fingerprint density at radius 1 is 1.21 bits per heavy atom. The van der Waals surface area contributed by atoms with Crippen LogP contribution in [0.5, 0.6) is 0 Å².